The number of rotatable bonds is 5. The van der Waals surface area contributed by atoms with E-state index in [4.69, 9.17) is 31.6 Å². The Morgan fingerprint density at radius 2 is 1.82 bits per heavy atom. The molecule has 206 valence electrons. The maximum absolute atomic E-state index is 9.11. The normalized spacial score (nSPS) is 18.1. The molecule has 2 fully saturated rings. The summed E-state index contributed by atoms with van der Waals surface area (Å²) in [4.78, 5) is 18.1. The van der Waals surface area contributed by atoms with Crippen LogP contribution in [0.1, 0.15) is 31.0 Å². The van der Waals surface area contributed by atoms with Crippen LogP contribution in [0.25, 0.3) is 10.8 Å². The summed E-state index contributed by atoms with van der Waals surface area (Å²) in [6, 6.07) is 12.7. The summed E-state index contributed by atoms with van der Waals surface area (Å²) < 4.78 is 5.47. The third-order valence-corrected chi connectivity index (χ3v) is 8.29. The number of hydrogen-bond acceptors (Lipinski definition) is 8. The first kappa shape index (κ1) is 27.3. The van der Waals surface area contributed by atoms with Crippen LogP contribution in [0.15, 0.2) is 36.4 Å². The Bertz CT molecular complexity index is 1360. The van der Waals surface area contributed by atoms with E-state index in [1.165, 1.54) is 31.5 Å². The number of likely N-dealkylation sites (tertiary alicyclic amines) is 2. The quantitative estimate of drug-likeness (QED) is 0.422. The molecule has 3 aliphatic rings. The van der Waals surface area contributed by atoms with E-state index >= 15 is 0 Å². The lowest BCUT2D eigenvalue weighted by Crippen LogP contribution is -2.57. The molecule has 2 saturated heterocycles. The van der Waals surface area contributed by atoms with Crippen molar-refractivity contribution in [1.82, 2.24) is 19.8 Å². The van der Waals surface area contributed by atoms with Gasteiger partial charge in [-0.1, -0.05) is 42.8 Å². The van der Waals surface area contributed by atoms with Crippen LogP contribution in [0, 0.1) is 16.9 Å². The molecule has 0 N–H and O–H groups in total. The summed E-state index contributed by atoms with van der Waals surface area (Å²) in [6.07, 6.45) is 5.89. The third-order valence-electron chi connectivity index (χ3n) is 7.97. The summed E-state index contributed by atoms with van der Waals surface area (Å²) in [6.45, 7) is 8.74. The van der Waals surface area contributed by atoms with Crippen molar-refractivity contribution in [3.05, 3.63) is 52.7 Å². The lowest BCUT2D eigenvalue weighted by Gasteiger charge is -2.47. The highest BCUT2D eigenvalue weighted by Crippen LogP contribution is 2.38. The highest BCUT2D eigenvalue weighted by molar-refractivity contribution is 6.36. The van der Waals surface area contributed by atoms with Crippen LogP contribution in [0.4, 0.5) is 11.5 Å². The number of ether oxygens (including phenoxy) is 1. The number of hydrogen-bond donors (Lipinski definition) is 0. The van der Waals surface area contributed by atoms with Gasteiger partial charge in [-0.25, -0.2) is 0 Å². The number of anilines is 2. The highest BCUT2D eigenvalue weighted by atomic mass is 35.5. The van der Waals surface area contributed by atoms with Gasteiger partial charge in [0.15, 0.2) is 6.19 Å². The second-order valence-electron chi connectivity index (χ2n) is 11.4. The van der Waals surface area contributed by atoms with Crippen LogP contribution in [0.2, 0.25) is 5.02 Å². The fraction of sp³-hybridized carbons (Fsp3) is 0.500. The molecule has 0 saturated carbocycles. The Labute approximate surface area is 236 Å². The molecule has 0 atom stereocenters. The molecule has 0 amide bonds. The van der Waals surface area contributed by atoms with E-state index in [9.17, 15) is 0 Å². The van der Waals surface area contributed by atoms with Crippen LogP contribution in [-0.2, 0) is 13.0 Å². The number of methoxy groups -OCH3 is 1. The average molecular weight is 548 g/mol. The van der Waals surface area contributed by atoms with Gasteiger partial charge in [-0.3, -0.25) is 0 Å². The molecule has 0 aliphatic carbocycles. The number of benzene rings is 2. The molecule has 2 aromatic carbocycles. The van der Waals surface area contributed by atoms with Crippen molar-refractivity contribution in [2.24, 2.45) is 5.41 Å². The molecular formula is C30H38ClN7O. The minimum atomic E-state index is 0.0654. The van der Waals surface area contributed by atoms with Gasteiger partial charge < -0.3 is 24.3 Å². The van der Waals surface area contributed by atoms with E-state index in [1.54, 1.807) is 12.0 Å². The predicted octanol–water partition coefficient (Wildman–Crippen LogP) is 4.81. The van der Waals surface area contributed by atoms with E-state index in [-0.39, 0.29) is 5.41 Å². The van der Waals surface area contributed by atoms with Crippen LogP contribution < -0.4 is 14.5 Å². The van der Waals surface area contributed by atoms with E-state index in [0.717, 1.165) is 65.6 Å². The maximum atomic E-state index is 9.11. The zero-order chi connectivity index (χ0) is 27.6. The monoisotopic (exact) mass is 547 g/mol. The SMILES string of the molecule is CN1CCCC1.COc1nc2c(c(N(C)CC3(C)CN(C#N)C3)n1)CCN(c1cccc3cccc(Cl)c13)C2. The maximum Gasteiger partial charge on any atom is 0.318 e. The Morgan fingerprint density at radius 1 is 1.10 bits per heavy atom. The molecule has 0 bridgehead atoms. The number of nitriles is 1. The summed E-state index contributed by atoms with van der Waals surface area (Å²) in [5, 5.41) is 12.1. The predicted molar refractivity (Wildman–Crippen MR) is 158 cm³/mol. The van der Waals surface area contributed by atoms with Gasteiger partial charge in [0.1, 0.15) is 5.82 Å². The van der Waals surface area contributed by atoms with Crippen molar-refractivity contribution in [2.75, 3.05) is 70.3 Å². The van der Waals surface area contributed by atoms with Crippen molar-refractivity contribution in [2.45, 2.75) is 32.7 Å². The zero-order valence-electron chi connectivity index (χ0n) is 23.5. The average Bonchev–Trinajstić information content (AvgIpc) is 3.41. The largest absolute Gasteiger partial charge is 0.467 e. The smallest absolute Gasteiger partial charge is 0.318 e. The minimum Gasteiger partial charge on any atom is -0.467 e. The van der Waals surface area contributed by atoms with Crippen molar-refractivity contribution in [1.29, 1.82) is 5.26 Å². The van der Waals surface area contributed by atoms with Crippen LogP contribution in [0.3, 0.4) is 0 Å². The van der Waals surface area contributed by atoms with Crippen molar-refractivity contribution >= 4 is 33.9 Å². The molecule has 0 radical (unpaired) electrons. The third kappa shape index (κ3) is 5.85. The summed E-state index contributed by atoms with van der Waals surface area (Å²) in [5.74, 6) is 0.920. The summed E-state index contributed by atoms with van der Waals surface area (Å²) in [5.41, 5.74) is 3.34. The molecule has 3 aliphatic heterocycles. The van der Waals surface area contributed by atoms with Gasteiger partial charge in [0.25, 0.3) is 0 Å². The molecule has 9 heteroatoms. The Kier molecular flexibility index (Phi) is 8.01. The molecule has 0 unspecified atom stereocenters. The number of nitrogens with zero attached hydrogens (tertiary/aromatic N) is 7. The second-order valence-corrected chi connectivity index (χ2v) is 11.8. The van der Waals surface area contributed by atoms with Crippen LogP contribution in [0.5, 0.6) is 6.01 Å². The standard InChI is InChI=1S/C25H27ClN6O.C5H11N/c1-25(14-31(15-25)16-27)13-30(2)23-18-10-11-32(12-20(18)28-24(29-23)33-3)21-9-5-7-17-6-4-8-19(26)22(17)21;1-6-4-2-3-5-6/h4-9H,10-15H2,1-3H3;2-5H2,1H3. The van der Waals surface area contributed by atoms with Crippen LogP contribution in [-0.4, -0.2) is 80.2 Å². The lowest BCUT2D eigenvalue weighted by atomic mass is 9.82. The van der Waals surface area contributed by atoms with E-state index in [0.29, 0.717) is 12.6 Å². The number of fused-ring (bicyclic) bond motifs is 2. The topological polar surface area (TPSA) is 71.8 Å². The summed E-state index contributed by atoms with van der Waals surface area (Å²) >= 11 is 6.60. The molecule has 6 rings (SSSR count). The Hall–Kier alpha value is -3.28. The Morgan fingerprint density at radius 3 is 2.46 bits per heavy atom. The van der Waals surface area contributed by atoms with E-state index < -0.39 is 0 Å². The van der Waals surface area contributed by atoms with Gasteiger partial charge in [0.05, 0.1) is 24.4 Å². The first-order valence-corrected chi connectivity index (χ1v) is 14.1. The fourth-order valence-corrected chi connectivity index (χ4v) is 6.39. The van der Waals surface area contributed by atoms with E-state index in [2.05, 4.69) is 66.2 Å². The minimum absolute atomic E-state index is 0.0654. The second kappa shape index (κ2) is 11.4. The number of halogens is 1. The van der Waals surface area contributed by atoms with Gasteiger partial charge in [0, 0.05) is 55.3 Å². The molecule has 8 nitrogen and oxygen atoms in total. The molecule has 4 heterocycles. The van der Waals surface area contributed by atoms with Crippen molar-refractivity contribution in [3.63, 3.8) is 0 Å². The fourth-order valence-electron chi connectivity index (χ4n) is 6.11. The lowest BCUT2D eigenvalue weighted by molar-refractivity contribution is 0.0738. The van der Waals surface area contributed by atoms with Gasteiger partial charge in [-0.05, 0) is 56.9 Å². The molecule has 3 aromatic rings. The van der Waals surface area contributed by atoms with Crippen molar-refractivity contribution < 1.29 is 4.74 Å². The first-order chi connectivity index (χ1) is 18.8. The van der Waals surface area contributed by atoms with Crippen molar-refractivity contribution in [3.8, 4) is 12.2 Å². The van der Waals surface area contributed by atoms with Gasteiger partial charge in [-0.2, -0.15) is 15.2 Å². The Balaban J connectivity index is 0.000000455. The zero-order valence-corrected chi connectivity index (χ0v) is 24.2. The summed E-state index contributed by atoms with van der Waals surface area (Å²) in [7, 11) is 5.85. The first-order valence-electron chi connectivity index (χ1n) is 13.7. The van der Waals surface area contributed by atoms with Crippen LogP contribution >= 0.6 is 11.6 Å². The van der Waals surface area contributed by atoms with Gasteiger partial charge >= 0.3 is 6.01 Å². The van der Waals surface area contributed by atoms with Gasteiger partial charge in [0.2, 0.25) is 0 Å². The number of aromatic nitrogens is 2. The molecular weight excluding hydrogens is 510 g/mol. The molecule has 0 spiro atoms. The molecule has 39 heavy (non-hydrogen) atoms. The highest BCUT2D eigenvalue weighted by Gasteiger charge is 2.40. The molecule has 1 aromatic heterocycles. The van der Waals surface area contributed by atoms with Gasteiger partial charge in [-0.15, -0.1) is 0 Å². The van der Waals surface area contributed by atoms with E-state index in [1.807, 2.05) is 12.1 Å².